The number of fused-ring (bicyclic) bond motifs is 1. The normalized spacial score (nSPS) is 20.9. The number of pyridine rings is 1. The predicted octanol–water partition coefficient (Wildman–Crippen LogP) is 1.87. The molecule has 136 valence electrons. The molecule has 7 nitrogen and oxygen atoms in total. The van der Waals surface area contributed by atoms with Crippen LogP contribution >= 0.6 is 0 Å². The zero-order valence-electron chi connectivity index (χ0n) is 14.5. The van der Waals surface area contributed by atoms with Crippen LogP contribution in [0, 0.1) is 12.9 Å². The maximum atomic E-state index is 14.0. The molecule has 8 heteroatoms. The van der Waals surface area contributed by atoms with Crippen molar-refractivity contribution >= 4 is 5.91 Å². The summed E-state index contributed by atoms with van der Waals surface area (Å²) in [4.78, 5) is 17.9. The Bertz CT molecular complexity index is 1080. The maximum Gasteiger partial charge on any atom is 0.254 e. The van der Waals surface area contributed by atoms with Crippen molar-refractivity contribution in [3.05, 3.63) is 59.3 Å². The molecule has 27 heavy (non-hydrogen) atoms. The smallest absolute Gasteiger partial charge is 0.254 e. The number of rotatable bonds is 3. The average molecular weight is 365 g/mol. The second-order valence-corrected chi connectivity index (χ2v) is 6.92. The fraction of sp³-hybridized carbons (Fsp3) is 0.263. The van der Waals surface area contributed by atoms with E-state index < -0.39 is 12.1 Å². The molecule has 5 rings (SSSR count). The number of amides is 1. The Kier molecular flexibility index (Phi) is 3.38. The zero-order valence-corrected chi connectivity index (χ0v) is 14.5. The van der Waals surface area contributed by atoms with Crippen LogP contribution in [0.3, 0.4) is 0 Å². The van der Waals surface area contributed by atoms with Crippen LogP contribution in [-0.4, -0.2) is 48.0 Å². The number of hydrogen-bond donors (Lipinski definition) is 1. The van der Waals surface area contributed by atoms with Crippen molar-refractivity contribution in [2.45, 2.75) is 32.0 Å². The summed E-state index contributed by atoms with van der Waals surface area (Å²) in [6.45, 7) is 2.29. The summed E-state index contributed by atoms with van der Waals surface area (Å²) in [6.07, 6.45) is 1.60. The minimum Gasteiger partial charge on any atom is -0.391 e. The highest BCUT2D eigenvalue weighted by molar-refractivity contribution is 5.99. The molecule has 1 aliphatic carbocycles. The van der Waals surface area contributed by atoms with Gasteiger partial charge in [-0.1, -0.05) is 11.3 Å². The molecular formula is C19H16FN5O2. The first-order valence-electron chi connectivity index (χ1n) is 8.70. The van der Waals surface area contributed by atoms with Gasteiger partial charge >= 0.3 is 0 Å². The van der Waals surface area contributed by atoms with E-state index in [9.17, 15) is 14.3 Å². The van der Waals surface area contributed by atoms with Crippen LogP contribution in [0.15, 0.2) is 36.5 Å². The molecule has 0 saturated heterocycles. The number of benzene rings is 1. The van der Waals surface area contributed by atoms with E-state index >= 15 is 0 Å². The number of carbonyl (C=O) groups is 1. The highest BCUT2D eigenvalue weighted by Crippen LogP contribution is 2.36. The molecular weight excluding hydrogens is 349 g/mol. The van der Waals surface area contributed by atoms with E-state index in [1.54, 1.807) is 23.1 Å². The van der Waals surface area contributed by atoms with Crippen LogP contribution in [0.4, 0.5) is 4.39 Å². The molecule has 3 heterocycles. The first-order valence-corrected chi connectivity index (χ1v) is 8.70. The summed E-state index contributed by atoms with van der Waals surface area (Å²) >= 11 is 0. The summed E-state index contributed by atoms with van der Waals surface area (Å²) < 4.78 is 15.4. The average Bonchev–Trinajstić information content (AvgIpc) is 3.12. The number of aliphatic hydroxyl groups is 1. The molecule has 3 aromatic rings. The Morgan fingerprint density at radius 3 is 2.85 bits per heavy atom. The van der Waals surface area contributed by atoms with Gasteiger partial charge in [-0.2, -0.15) is 4.39 Å². The Morgan fingerprint density at radius 1 is 1.30 bits per heavy atom. The van der Waals surface area contributed by atoms with Gasteiger partial charge in [0, 0.05) is 23.9 Å². The van der Waals surface area contributed by atoms with E-state index in [2.05, 4.69) is 15.3 Å². The molecule has 1 N–H and O–H groups in total. The van der Waals surface area contributed by atoms with Gasteiger partial charge in [0.1, 0.15) is 11.4 Å². The largest absolute Gasteiger partial charge is 0.391 e. The van der Waals surface area contributed by atoms with Crippen LogP contribution in [-0.2, 0) is 6.54 Å². The Hall–Kier alpha value is -3.13. The van der Waals surface area contributed by atoms with Crippen LogP contribution in [0.25, 0.3) is 16.9 Å². The van der Waals surface area contributed by atoms with Crippen LogP contribution < -0.4 is 0 Å². The monoisotopic (exact) mass is 365 g/mol. The summed E-state index contributed by atoms with van der Waals surface area (Å²) in [5.41, 5.74) is 3.91. The van der Waals surface area contributed by atoms with Gasteiger partial charge < -0.3 is 10.0 Å². The number of aromatic nitrogens is 4. The highest BCUT2D eigenvalue weighted by atomic mass is 19.1. The fourth-order valence-electron chi connectivity index (χ4n) is 3.62. The van der Waals surface area contributed by atoms with Gasteiger partial charge in [-0.3, -0.25) is 4.79 Å². The third kappa shape index (κ3) is 2.44. The van der Waals surface area contributed by atoms with Crippen molar-refractivity contribution < 1.29 is 14.3 Å². The molecule has 1 aromatic carbocycles. The van der Waals surface area contributed by atoms with Gasteiger partial charge in [0.2, 0.25) is 5.95 Å². The van der Waals surface area contributed by atoms with Gasteiger partial charge in [-0.05, 0) is 43.2 Å². The second kappa shape index (κ2) is 5.68. The van der Waals surface area contributed by atoms with Gasteiger partial charge in [0.25, 0.3) is 5.91 Å². The third-order valence-electron chi connectivity index (χ3n) is 5.20. The first-order chi connectivity index (χ1) is 13.0. The molecule has 1 amide bonds. The lowest BCUT2D eigenvalue weighted by Gasteiger charge is -2.13. The Balaban J connectivity index is 1.51. The van der Waals surface area contributed by atoms with Crippen LogP contribution in [0.2, 0.25) is 0 Å². The zero-order chi connectivity index (χ0) is 18.7. The molecule has 2 atom stereocenters. The van der Waals surface area contributed by atoms with E-state index in [1.807, 2.05) is 19.1 Å². The van der Waals surface area contributed by atoms with E-state index in [-0.39, 0.29) is 17.6 Å². The fourth-order valence-corrected chi connectivity index (χ4v) is 3.62. The molecule has 2 aromatic heterocycles. The highest BCUT2D eigenvalue weighted by Gasteiger charge is 2.45. The van der Waals surface area contributed by atoms with Gasteiger partial charge in [-0.25, -0.2) is 9.67 Å². The lowest BCUT2D eigenvalue weighted by Crippen LogP contribution is -2.28. The predicted molar refractivity (Wildman–Crippen MR) is 93.6 cm³/mol. The lowest BCUT2D eigenvalue weighted by atomic mass is 10.0. The number of nitrogens with zero attached hydrogens (tertiary/aromatic N) is 5. The van der Waals surface area contributed by atoms with Crippen molar-refractivity contribution in [1.82, 2.24) is 24.9 Å². The Labute approximate surface area is 154 Å². The number of aliphatic hydroxyl groups excluding tert-OH is 1. The second-order valence-electron chi connectivity index (χ2n) is 6.92. The van der Waals surface area contributed by atoms with Gasteiger partial charge in [-0.15, -0.1) is 5.10 Å². The standard InChI is InChI=1S/C19H16FN5O2/c1-10-17(22-23-25(10)14-3-2-6-21-18(14)20)11-4-5-13-12(7-11)9-24(19(13)27)15-8-16(15)26/h2-7,15-16,26H,8-9H2,1H3/t15-,16-/m0/s1. The van der Waals surface area contributed by atoms with Crippen molar-refractivity contribution in [3.63, 3.8) is 0 Å². The SMILES string of the molecule is Cc1c(-c2ccc3c(c2)CN([C@H]2C[C@@H]2O)C3=O)nnn1-c1cccnc1F. The van der Waals surface area contributed by atoms with Crippen molar-refractivity contribution in [2.75, 3.05) is 0 Å². The minimum absolute atomic E-state index is 0.0455. The molecule has 1 saturated carbocycles. The molecule has 2 aliphatic rings. The summed E-state index contributed by atoms with van der Waals surface area (Å²) in [7, 11) is 0. The summed E-state index contributed by atoms with van der Waals surface area (Å²) in [5.74, 6) is -0.661. The van der Waals surface area contributed by atoms with E-state index in [1.165, 1.54) is 10.9 Å². The summed E-state index contributed by atoms with van der Waals surface area (Å²) in [6, 6.07) is 8.68. The molecule has 0 bridgehead atoms. The Morgan fingerprint density at radius 2 is 2.11 bits per heavy atom. The van der Waals surface area contributed by atoms with Crippen LogP contribution in [0.5, 0.6) is 0 Å². The molecule has 1 aliphatic heterocycles. The molecule has 0 spiro atoms. The third-order valence-corrected chi connectivity index (χ3v) is 5.20. The van der Waals surface area contributed by atoms with Crippen molar-refractivity contribution in [2.24, 2.45) is 0 Å². The quantitative estimate of drug-likeness (QED) is 0.717. The number of carbonyl (C=O) groups excluding carboxylic acids is 1. The topological polar surface area (TPSA) is 84.1 Å². The van der Waals surface area contributed by atoms with Crippen molar-refractivity contribution in [3.8, 4) is 16.9 Å². The van der Waals surface area contributed by atoms with Crippen molar-refractivity contribution in [1.29, 1.82) is 0 Å². The molecule has 0 radical (unpaired) electrons. The van der Waals surface area contributed by atoms with E-state index in [0.29, 0.717) is 29.9 Å². The first kappa shape index (κ1) is 16.1. The van der Waals surface area contributed by atoms with E-state index in [0.717, 1.165) is 11.1 Å². The molecule has 1 fully saturated rings. The molecule has 0 unspecified atom stereocenters. The number of hydrogen-bond acceptors (Lipinski definition) is 5. The van der Waals surface area contributed by atoms with Crippen LogP contribution in [0.1, 0.15) is 28.0 Å². The van der Waals surface area contributed by atoms with Gasteiger partial charge in [0.15, 0.2) is 0 Å². The minimum atomic E-state index is -0.616. The van der Waals surface area contributed by atoms with E-state index in [4.69, 9.17) is 0 Å². The number of halogens is 1. The summed E-state index contributed by atoms with van der Waals surface area (Å²) in [5, 5.41) is 17.9. The van der Waals surface area contributed by atoms with Gasteiger partial charge in [0.05, 0.1) is 17.8 Å². The maximum absolute atomic E-state index is 14.0. The lowest BCUT2D eigenvalue weighted by molar-refractivity contribution is 0.0734.